The van der Waals surface area contributed by atoms with Crippen molar-refractivity contribution in [1.82, 2.24) is 15.4 Å². The van der Waals surface area contributed by atoms with E-state index in [2.05, 4.69) is 20.3 Å². The predicted octanol–water partition coefficient (Wildman–Crippen LogP) is 1.93. The number of hydrogen-bond donors (Lipinski definition) is 3. The molecule has 0 radical (unpaired) electrons. The SMILES string of the molecule is CCNC(=NCCS(=O)(=O)NCC1CCCCO1)NCCc1ccc(Cl)cc1. The predicted molar refractivity (Wildman–Crippen MR) is 115 cm³/mol. The van der Waals surface area contributed by atoms with Gasteiger partial charge in [-0.3, -0.25) is 4.99 Å². The van der Waals surface area contributed by atoms with Gasteiger partial charge in [-0.25, -0.2) is 13.1 Å². The van der Waals surface area contributed by atoms with E-state index < -0.39 is 10.0 Å². The number of sulfonamides is 1. The van der Waals surface area contributed by atoms with Crippen LogP contribution in [0.5, 0.6) is 0 Å². The van der Waals surface area contributed by atoms with Crippen LogP contribution < -0.4 is 15.4 Å². The summed E-state index contributed by atoms with van der Waals surface area (Å²) in [5, 5.41) is 7.07. The highest BCUT2D eigenvalue weighted by molar-refractivity contribution is 7.89. The molecule has 28 heavy (non-hydrogen) atoms. The average Bonchev–Trinajstić information content (AvgIpc) is 2.69. The summed E-state index contributed by atoms with van der Waals surface area (Å²) in [5.41, 5.74) is 1.17. The van der Waals surface area contributed by atoms with Gasteiger partial charge in [0.15, 0.2) is 5.96 Å². The molecule has 0 amide bonds. The Hall–Kier alpha value is -1.35. The molecule has 1 aliphatic rings. The van der Waals surface area contributed by atoms with Crippen molar-refractivity contribution in [2.24, 2.45) is 4.99 Å². The van der Waals surface area contributed by atoms with Gasteiger partial charge >= 0.3 is 0 Å². The number of aliphatic imine (C=N–C) groups is 1. The molecule has 1 fully saturated rings. The zero-order valence-corrected chi connectivity index (χ0v) is 18.0. The standard InChI is InChI=1S/C19H31ClN4O3S/c1-2-21-19(22-11-10-16-6-8-17(20)9-7-16)23-12-14-28(25,26)24-15-18-5-3-4-13-27-18/h6-9,18,24H,2-5,10-15H2,1H3,(H2,21,22,23). The van der Waals surface area contributed by atoms with Crippen molar-refractivity contribution in [1.29, 1.82) is 0 Å². The summed E-state index contributed by atoms with van der Waals surface area (Å²) in [6.07, 6.45) is 3.85. The van der Waals surface area contributed by atoms with E-state index in [-0.39, 0.29) is 18.4 Å². The minimum atomic E-state index is -3.36. The molecule has 1 aliphatic heterocycles. The van der Waals surface area contributed by atoms with Gasteiger partial charge in [-0.05, 0) is 50.3 Å². The van der Waals surface area contributed by atoms with Crippen molar-refractivity contribution < 1.29 is 13.2 Å². The number of rotatable bonds is 10. The van der Waals surface area contributed by atoms with Crippen LogP contribution in [0.2, 0.25) is 5.02 Å². The number of ether oxygens (including phenoxy) is 1. The second-order valence-electron chi connectivity index (χ2n) is 6.72. The van der Waals surface area contributed by atoms with Crippen molar-refractivity contribution in [2.75, 3.05) is 38.5 Å². The summed E-state index contributed by atoms with van der Waals surface area (Å²) >= 11 is 5.89. The number of hydrogen-bond acceptors (Lipinski definition) is 4. The van der Waals surface area contributed by atoms with Gasteiger partial charge in [0, 0.05) is 31.3 Å². The molecule has 1 aromatic carbocycles. The Bertz CT molecular complexity index is 704. The maximum absolute atomic E-state index is 12.2. The van der Waals surface area contributed by atoms with Crippen LogP contribution in [-0.4, -0.2) is 59.0 Å². The molecule has 0 bridgehead atoms. The van der Waals surface area contributed by atoms with E-state index in [0.29, 0.717) is 32.2 Å². The Morgan fingerprint density at radius 3 is 2.71 bits per heavy atom. The fraction of sp³-hybridized carbons (Fsp3) is 0.632. The second kappa shape index (κ2) is 12.3. The Labute approximate surface area is 173 Å². The molecular formula is C19H31ClN4O3S. The Balaban J connectivity index is 1.73. The number of nitrogens with one attached hydrogen (secondary N) is 3. The van der Waals surface area contributed by atoms with Gasteiger partial charge in [0.2, 0.25) is 10.0 Å². The fourth-order valence-corrected chi connectivity index (χ4v) is 3.90. The number of guanidine groups is 1. The van der Waals surface area contributed by atoms with Crippen LogP contribution >= 0.6 is 11.6 Å². The van der Waals surface area contributed by atoms with Crippen LogP contribution in [-0.2, 0) is 21.2 Å². The first-order chi connectivity index (χ1) is 13.5. The molecule has 0 saturated carbocycles. The summed E-state index contributed by atoms with van der Waals surface area (Å²) in [6, 6.07) is 7.71. The summed E-state index contributed by atoms with van der Waals surface area (Å²) in [4.78, 5) is 4.36. The minimum absolute atomic E-state index is 0.0149. The lowest BCUT2D eigenvalue weighted by atomic mass is 10.1. The first-order valence-electron chi connectivity index (χ1n) is 9.84. The van der Waals surface area contributed by atoms with Crippen LogP contribution in [0.1, 0.15) is 31.7 Å². The Morgan fingerprint density at radius 1 is 1.25 bits per heavy atom. The van der Waals surface area contributed by atoms with E-state index >= 15 is 0 Å². The van der Waals surface area contributed by atoms with Gasteiger partial charge in [0.25, 0.3) is 0 Å². The van der Waals surface area contributed by atoms with Crippen LogP contribution in [0.4, 0.5) is 0 Å². The van der Waals surface area contributed by atoms with Crippen molar-refractivity contribution in [3.63, 3.8) is 0 Å². The van der Waals surface area contributed by atoms with E-state index in [1.54, 1.807) is 0 Å². The van der Waals surface area contributed by atoms with Crippen LogP contribution in [0.25, 0.3) is 0 Å². The zero-order valence-electron chi connectivity index (χ0n) is 16.4. The molecule has 1 saturated heterocycles. The average molecular weight is 431 g/mol. The number of nitrogens with zero attached hydrogens (tertiary/aromatic N) is 1. The van der Waals surface area contributed by atoms with Crippen molar-refractivity contribution in [3.05, 3.63) is 34.9 Å². The van der Waals surface area contributed by atoms with E-state index in [9.17, 15) is 8.42 Å². The van der Waals surface area contributed by atoms with E-state index in [1.165, 1.54) is 5.56 Å². The smallest absolute Gasteiger partial charge is 0.213 e. The Morgan fingerprint density at radius 2 is 2.04 bits per heavy atom. The lowest BCUT2D eigenvalue weighted by Crippen LogP contribution is -2.39. The number of halogens is 1. The number of benzene rings is 1. The van der Waals surface area contributed by atoms with Gasteiger partial charge < -0.3 is 15.4 Å². The van der Waals surface area contributed by atoms with Crippen molar-refractivity contribution in [2.45, 2.75) is 38.7 Å². The molecule has 2 rings (SSSR count). The highest BCUT2D eigenvalue weighted by Gasteiger charge is 2.17. The summed E-state index contributed by atoms with van der Waals surface area (Å²) < 4.78 is 32.5. The normalized spacial score (nSPS) is 18.1. The molecule has 0 aromatic heterocycles. The molecule has 0 aliphatic carbocycles. The van der Waals surface area contributed by atoms with Gasteiger partial charge in [-0.15, -0.1) is 0 Å². The van der Waals surface area contributed by atoms with Crippen LogP contribution in [0, 0.1) is 0 Å². The highest BCUT2D eigenvalue weighted by Crippen LogP contribution is 2.12. The molecule has 0 spiro atoms. The van der Waals surface area contributed by atoms with Crippen molar-refractivity contribution >= 4 is 27.6 Å². The van der Waals surface area contributed by atoms with Crippen LogP contribution in [0.3, 0.4) is 0 Å². The lowest BCUT2D eigenvalue weighted by Gasteiger charge is -2.22. The maximum atomic E-state index is 12.2. The van der Waals surface area contributed by atoms with E-state index in [4.69, 9.17) is 16.3 Å². The topological polar surface area (TPSA) is 91.8 Å². The minimum Gasteiger partial charge on any atom is -0.377 e. The largest absolute Gasteiger partial charge is 0.377 e. The lowest BCUT2D eigenvalue weighted by molar-refractivity contribution is 0.0200. The van der Waals surface area contributed by atoms with Gasteiger partial charge in [0.1, 0.15) is 0 Å². The first-order valence-corrected chi connectivity index (χ1v) is 11.9. The van der Waals surface area contributed by atoms with Gasteiger partial charge in [-0.1, -0.05) is 23.7 Å². The van der Waals surface area contributed by atoms with Gasteiger partial charge in [0.05, 0.1) is 18.4 Å². The third-order valence-electron chi connectivity index (χ3n) is 4.40. The quantitative estimate of drug-likeness (QED) is 0.389. The first kappa shape index (κ1) is 22.9. The van der Waals surface area contributed by atoms with Crippen molar-refractivity contribution in [3.8, 4) is 0 Å². The molecule has 7 nitrogen and oxygen atoms in total. The molecule has 1 atom stereocenters. The molecule has 3 N–H and O–H groups in total. The molecule has 9 heteroatoms. The maximum Gasteiger partial charge on any atom is 0.213 e. The molecular weight excluding hydrogens is 400 g/mol. The van der Waals surface area contributed by atoms with E-state index in [0.717, 1.165) is 30.7 Å². The fourth-order valence-electron chi connectivity index (χ4n) is 2.86. The third kappa shape index (κ3) is 9.23. The Kier molecular flexibility index (Phi) is 10.0. The molecule has 1 unspecified atom stereocenters. The molecule has 158 valence electrons. The monoisotopic (exact) mass is 430 g/mol. The second-order valence-corrected chi connectivity index (χ2v) is 9.08. The van der Waals surface area contributed by atoms with E-state index in [1.807, 2.05) is 31.2 Å². The summed E-state index contributed by atoms with van der Waals surface area (Å²) in [7, 11) is -3.36. The molecule has 1 aromatic rings. The van der Waals surface area contributed by atoms with Gasteiger partial charge in [-0.2, -0.15) is 0 Å². The van der Waals surface area contributed by atoms with Crippen LogP contribution in [0.15, 0.2) is 29.3 Å². The summed E-state index contributed by atoms with van der Waals surface area (Å²) in [6.45, 7) is 4.61. The zero-order chi connectivity index (χ0) is 20.2. The third-order valence-corrected chi connectivity index (χ3v) is 5.98. The highest BCUT2D eigenvalue weighted by atomic mass is 35.5. The summed E-state index contributed by atoms with van der Waals surface area (Å²) in [5.74, 6) is 0.565. The molecule has 1 heterocycles.